The molecule has 1 aromatic rings. The van der Waals surface area contributed by atoms with E-state index in [1.165, 1.54) is 6.26 Å². The highest BCUT2D eigenvalue weighted by atomic mass is 16.5. The third kappa shape index (κ3) is 1.64. The van der Waals surface area contributed by atoms with Gasteiger partial charge in [0.15, 0.2) is 6.29 Å². The van der Waals surface area contributed by atoms with Gasteiger partial charge in [0.2, 0.25) is 0 Å². The molecule has 0 amide bonds. The molecule has 1 rings (SSSR count). The van der Waals surface area contributed by atoms with Crippen molar-refractivity contribution in [2.75, 3.05) is 0 Å². The predicted molar refractivity (Wildman–Crippen MR) is 28.3 cm³/mol. The van der Waals surface area contributed by atoms with E-state index in [4.69, 9.17) is 0 Å². The second-order valence-electron chi connectivity index (χ2n) is 1.54. The van der Waals surface area contributed by atoms with Gasteiger partial charge in [-0.1, -0.05) is 0 Å². The molecule has 0 atom stereocenters. The van der Waals surface area contributed by atoms with Crippen molar-refractivity contribution in [3.05, 3.63) is 12.0 Å². The third-order valence-corrected chi connectivity index (χ3v) is 0.888. The van der Waals surface area contributed by atoms with E-state index in [1.807, 2.05) is 0 Å². The Morgan fingerprint density at radius 2 is 2.67 bits per heavy atom. The van der Waals surface area contributed by atoms with Crippen molar-refractivity contribution in [3.8, 4) is 0 Å². The first-order chi connectivity index (χ1) is 4.43. The molecule has 4 nitrogen and oxygen atoms in total. The molecule has 1 radical (unpaired) electrons. The standard InChI is InChI=1S/C5H5N2O2/c8-3-1-2-5-4-9-7-6-5/h4H,1-2H2. The quantitative estimate of drug-likeness (QED) is 0.575. The third-order valence-electron chi connectivity index (χ3n) is 0.888. The van der Waals surface area contributed by atoms with Crippen LogP contribution in [0.3, 0.4) is 0 Å². The number of aryl methyl sites for hydroxylation is 1. The van der Waals surface area contributed by atoms with E-state index in [1.54, 1.807) is 6.29 Å². The average molecular weight is 125 g/mol. The number of carbonyl (C=O) groups excluding carboxylic acids is 1. The minimum absolute atomic E-state index is 0.355. The van der Waals surface area contributed by atoms with Crippen LogP contribution in [-0.4, -0.2) is 16.7 Å². The Balaban J connectivity index is 2.38. The Morgan fingerprint density at radius 3 is 3.22 bits per heavy atom. The van der Waals surface area contributed by atoms with E-state index in [9.17, 15) is 4.79 Å². The molecule has 4 heteroatoms. The van der Waals surface area contributed by atoms with Crippen molar-refractivity contribution in [2.24, 2.45) is 0 Å². The maximum Gasteiger partial charge on any atom is 0.198 e. The molecule has 0 fully saturated rings. The van der Waals surface area contributed by atoms with Crippen LogP contribution in [0.1, 0.15) is 12.1 Å². The van der Waals surface area contributed by atoms with E-state index in [0.29, 0.717) is 18.5 Å². The van der Waals surface area contributed by atoms with Gasteiger partial charge in [-0.05, 0) is 0 Å². The van der Waals surface area contributed by atoms with Gasteiger partial charge >= 0.3 is 0 Å². The fraction of sp³-hybridized carbons (Fsp3) is 0.400. The molecule has 0 aliphatic carbocycles. The van der Waals surface area contributed by atoms with E-state index in [0.717, 1.165) is 0 Å². The highest BCUT2D eigenvalue weighted by Gasteiger charge is 1.94. The smallest absolute Gasteiger partial charge is 0.198 e. The summed E-state index contributed by atoms with van der Waals surface area (Å²) in [6.45, 7) is 0. The largest absolute Gasteiger partial charge is 0.345 e. The van der Waals surface area contributed by atoms with Crippen LogP contribution in [0.2, 0.25) is 0 Å². The van der Waals surface area contributed by atoms with Crippen LogP contribution in [0.15, 0.2) is 10.8 Å². The van der Waals surface area contributed by atoms with Crippen LogP contribution in [0.5, 0.6) is 0 Å². The summed E-state index contributed by atoms with van der Waals surface area (Å²) in [6.07, 6.45) is 4.08. The Bertz CT molecular complexity index is 171. The van der Waals surface area contributed by atoms with Crippen molar-refractivity contribution in [1.82, 2.24) is 10.4 Å². The van der Waals surface area contributed by atoms with Gasteiger partial charge in [-0.2, -0.15) is 0 Å². The zero-order valence-electron chi connectivity index (χ0n) is 4.70. The maximum atomic E-state index is 9.70. The molecule has 0 bridgehead atoms. The highest BCUT2D eigenvalue weighted by molar-refractivity contribution is 5.50. The first-order valence-corrected chi connectivity index (χ1v) is 2.54. The zero-order chi connectivity index (χ0) is 6.53. The van der Waals surface area contributed by atoms with E-state index >= 15 is 0 Å². The summed E-state index contributed by atoms with van der Waals surface area (Å²) in [5, 5.41) is 6.78. The van der Waals surface area contributed by atoms with Gasteiger partial charge in [0, 0.05) is 18.1 Å². The van der Waals surface area contributed by atoms with Gasteiger partial charge in [-0.3, -0.25) is 4.79 Å². The van der Waals surface area contributed by atoms with Crippen LogP contribution in [-0.2, 0) is 11.2 Å². The fourth-order valence-corrected chi connectivity index (χ4v) is 0.472. The number of hydrogen-bond acceptors (Lipinski definition) is 4. The van der Waals surface area contributed by atoms with Crippen LogP contribution >= 0.6 is 0 Å². The monoisotopic (exact) mass is 125 g/mol. The van der Waals surface area contributed by atoms with Gasteiger partial charge in [0.05, 0.1) is 0 Å². The molecular weight excluding hydrogens is 120 g/mol. The number of rotatable bonds is 3. The normalized spacial score (nSPS) is 9.33. The molecule has 1 heterocycles. The number of aromatic nitrogens is 2. The zero-order valence-corrected chi connectivity index (χ0v) is 4.70. The molecule has 1 aromatic heterocycles. The highest BCUT2D eigenvalue weighted by Crippen LogP contribution is 1.93. The minimum Gasteiger partial charge on any atom is -0.345 e. The Morgan fingerprint density at radius 1 is 1.78 bits per heavy atom. The van der Waals surface area contributed by atoms with Crippen LogP contribution in [0.25, 0.3) is 0 Å². The number of hydrogen-bond donors (Lipinski definition) is 0. The minimum atomic E-state index is 0.355. The lowest BCUT2D eigenvalue weighted by molar-refractivity contribution is 0.392. The van der Waals surface area contributed by atoms with Gasteiger partial charge < -0.3 is 4.52 Å². The van der Waals surface area contributed by atoms with E-state index in [-0.39, 0.29) is 0 Å². The van der Waals surface area contributed by atoms with E-state index < -0.39 is 0 Å². The van der Waals surface area contributed by atoms with Crippen molar-refractivity contribution in [2.45, 2.75) is 12.8 Å². The molecule has 0 N–H and O–H groups in total. The summed E-state index contributed by atoms with van der Waals surface area (Å²) in [6, 6.07) is 0. The summed E-state index contributed by atoms with van der Waals surface area (Å²) in [7, 11) is 0. The lowest BCUT2D eigenvalue weighted by atomic mass is 10.3. The first kappa shape index (κ1) is 5.94. The molecule has 0 aromatic carbocycles. The Kier molecular flexibility index (Phi) is 1.95. The van der Waals surface area contributed by atoms with Gasteiger partial charge in [-0.25, -0.2) is 0 Å². The molecule has 0 aliphatic heterocycles. The average Bonchev–Trinajstić information content (AvgIpc) is 2.34. The Hall–Kier alpha value is -1.19. The molecule has 47 valence electrons. The van der Waals surface area contributed by atoms with Crippen LogP contribution in [0.4, 0.5) is 0 Å². The SMILES string of the molecule is O=[C]CCc1conn1. The predicted octanol–water partition coefficient (Wildman–Crippen LogP) is 0.112. The van der Waals surface area contributed by atoms with Crippen molar-refractivity contribution >= 4 is 6.29 Å². The topological polar surface area (TPSA) is 56.0 Å². The lowest BCUT2D eigenvalue weighted by Gasteiger charge is -1.79. The maximum absolute atomic E-state index is 9.70. The molecule has 0 saturated carbocycles. The summed E-state index contributed by atoms with van der Waals surface area (Å²) < 4.78 is 4.42. The Labute approximate surface area is 51.8 Å². The molecule has 0 unspecified atom stereocenters. The second-order valence-corrected chi connectivity index (χ2v) is 1.54. The molecule has 9 heavy (non-hydrogen) atoms. The fourth-order valence-electron chi connectivity index (χ4n) is 0.472. The van der Waals surface area contributed by atoms with E-state index in [2.05, 4.69) is 14.9 Å². The summed E-state index contributed by atoms with van der Waals surface area (Å²) in [5.74, 6) is 0. The molecule has 0 saturated heterocycles. The van der Waals surface area contributed by atoms with Gasteiger partial charge in [0.1, 0.15) is 12.0 Å². The molecular formula is C5H5N2O2. The van der Waals surface area contributed by atoms with Gasteiger partial charge in [-0.15, -0.1) is 5.10 Å². The van der Waals surface area contributed by atoms with Gasteiger partial charge in [0.25, 0.3) is 0 Å². The summed E-state index contributed by atoms with van der Waals surface area (Å²) >= 11 is 0. The van der Waals surface area contributed by atoms with Crippen molar-refractivity contribution in [1.29, 1.82) is 0 Å². The first-order valence-electron chi connectivity index (χ1n) is 2.54. The number of nitrogens with zero attached hydrogens (tertiary/aromatic N) is 2. The molecule has 0 spiro atoms. The molecule has 0 aliphatic rings. The second kappa shape index (κ2) is 2.96. The van der Waals surface area contributed by atoms with Crippen LogP contribution in [0, 0.1) is 0 Å². The van der Waals surface area contributed by atoms with Crippen LogP contribution < -0.4 is 0 Å². The van der Waals surface area contributed by atoms with Crippen molar-refractivity contribution < 1.29 is 9.32 Å². The summed E-state index contributed by atoms with van der Waals surface area (Å²) in [4.78, 5) is 9.70. The summed E-state index contributed by atoms with van der Waals surface area (Å²) in [5.41, 5.74) is 0.693. The van der Waals surface area contributed by atoms with Crippen molar-refractivity contribution in [3.63, 3.8) is 0 Å². The lowest BCUT2D eigenvalue weighted by Crippen LogP contribution is -1.85.